The van der Waals surface area contributed by atoms with Crippen LogP contribution in [-0.2, 0) is 0 Å². The van der Waals surface area contributed by atoms with E-state index < -0.39 is 0 Å². The SMILES string of the molecule is c1ccc(-c2cccc(-c3ccccc3)c2N2c3cc4c(cc3B3c5ccccc5N(c5cccc6c5sc5ccccc56)c5cc(N(c6ccccc6)c6ccccc6)cc2c53)B2c3ccccc3N(c3cccc5c3sc3ccccc35)c3cc(N(c5ccccc5)c5ccccc5)cc(c32)N4c2ccccc2)cc1. The van der Waals surface area contributed by atoms with E-state index in [9.17, 15) is 0 Å². The molecule has 0 N–H and O–H groups in total. The molecule has 0 saturated heterocycles. The molecule has 522 valence electrons. The first kappa shape index (κ1) is 64.1. The highest BCUT2D eigenvalue weighted by molar-refractivity contribution is 7.27. The van der Waals surface area contributed by atoms with Crippen molar-refractivity contribution >= 4 is 212 Å². The number of hydrogen-bond donors (Lipinski definition) is 0. The molecule has 0 bridgehead atoms. The van der Waals surface area contributed by atoms with Gasteiger partial charge in [-0.15, -0.1) is 22.7 Å². The van der Waals surface area contributed by atoms with Crippen LogP contribution in [0.1, 0.15) is 0 Å². The molecule has 23 rings (SSSR count). The molecule has 0 amide bonds. The maximum Gasteiger partial charge on any atom is 0.252 e. The minimum absolute atomic E-state index is 0.255. The van der Waals surface area contributed by atoms with Gasteiger partial charge in [-0.2, -0.15) is 0 Å². The van der Waals surface area contributed by atoms with E-state index in [0.29, 0.717) is 0 Å². The minimum Gasteiger partial charge on any atom is -0.311 e. The Kier molecular flexibility index (Phi) is 14.8. The van der Waals surface area contributed by atoms with E-state index in [1.807, 2.05) is 22.7 Å². The van der Waals surface area contributed by atoms with Gasteiger partial charge in [-0.3, -0.25) is 0 Å². The maximum absolute atomic E-state index is 2.72. The van der Waals surface area contributed by atoms with Crippen molar-refractivity contribution in [3.8, 4) is 22.3 Å². The molecule has 0 radical (unpaired) electrons. The molecular formula is C102H66B2N6S2. The molecule has 0 spiro atoms. The summed E-state index contributed by atoms with van der Waals surface area (Å²) in [7, 11) is 0. The van der Waals surface area contributed by atoms with Crippen LogP contribution in [0.3, 0.4) is 0 Å². The molecule has 6 heterocycles. The lowest BCUT2D eigenvalue weighted by Crippen LogP contribution is -2.65. The van der Waals surface area contributed by atoms with E-state index in [1.54, 1.807) is 0 Å². The van der Waals surface area contributed by atoms with Gasteiger partial charge in [-0.25, -0.2) is 0 Å². The summed E-state index contributed by atoms with van der Waals surface area (Å²) in [6.45, 7) is -0.537. The Bertz CT molecular complexity index is 6810. The van der Waals surface area contributed by atoms with Crippen LogP contribution in [0.4, 0.5) is 102 Å². The van der Waals surface area contributed by atoms with Crippen LogP contribution in [0.5, 0.6) is 0 Å². The van der Waals surface area contributed by atoms with Gasteiger partial charge in [0.05, 0.1) is 37.8 Å². The summed E-state index contributed by atoms with van der Waals surface area (Å²) in [5.74, 6) is 0. The molecule has 112 heavy (non-hydrogen) atoms. The highest BCUT2D eigenvalue weighted by Gasteiger charge is 2.50. The molecule has 2 aromatic heterocycles. The van der Waals surface area contributed by atoms with Gasteiger partial charge in [0.1, 0.15) is 0 Å². The standard InChI is InChI=1S/C102H66B2N6S2/c1-8-33-67(34-9-1)76-49-30-50-77(68-35-10-2-11-36-68)100(76)110-91-66-90-84(65-85(91)104-83-54-25-27-56-87(83)109(89-58-32-52-81-79-48-23-29-60-97(79)112-102(81)89)94-63-75(64-95(110)99(94)104)106(71-41-16-5-17-42-71)72-43-18-6-19-44-72)103-82-53-24-26-55-86(82)108(88-57-31-51-80-78-47-22-28-59-96(78)111-101(80)88)93-62-74(61-92(98(93)103)107(90)73-45-20-7-21-46-73)105(69-37-12-3-13-38-69)70-39-14-4-15-40-70/h1-66H. The zero-order chi connectivity index (χ0) is 73.5. The molecule has 0 aliphatic carbocycles. The molecule has 0 saturated carbocycles. The van der Waals surface area contributed by atoms with Crippen molar-refractivity contribution in [3.05, 3.63) is 400 Å². The number of rotatable bonds is 12. The van der Waals surface area contributed by atoms with Crippen molar-refractivity contribution in [1.29, 1.82) is 0 Å². The fourth-order valence-electron chi connectivity index (χ4n) is 18.7. The van der Waals surface area contributed by atoms with Crippen LogP contribution in [-0.4, -0.2) is 13.4 Å². The van der Waals surface area contributed by atoms with Crippen molar-refractivity contribution in [2.75, 3.05) is 29.4 Å². The van der Waals surface area contributed by atoms with Crippen molar-refractivity contribution in [2.24, 2.45) is 0 Å². The van der Waals surface area contributed by atoms with E-state index in [0.717, 1.165) is 125 Å². The third kappa shape index (κ3) is 9.92. The third-order valence-electron chi connectivity index (χ3n) is 23.3. The Morgan fingerprint density at radius 1 is 0.214 bits per heavy atom. The molecule has 19 aromatic rings. The van der Waals surface area contributed by atoms with Gasteiger partial charge in [0.2, 0.25) is 0 Å². The Hall–Kier alpha value is -13.9. The minimum atomic E-state index is -0.282. The lowest BCUT2D eigenvalue weighted by molar-refractivity contribution is 1.22. The predicted molar refractivity (Wildman–Crippen MR) is 481 cm³/mol. The number of benzene rings is 17. The zero-order valence-electron chi connectivity index (χ0n) is 60.8. The lowest BCUT2D eigenvalue weighted by atomic mass is 9.30. The van der Waals surface area contributed by atoms with Gasteiger partial charge >= 0.3 is 0 Å². The lowest BCUT2D eigenvalue weighted by Gasteiger charge is -2.48. The largest absolute Gasteiger partial charge is 0.311 e. The van der Waals surface area contributed by atoms with Gasteiger partial charge in [0.15, 0.2) is 0 Å². The summed E-state index contributed by atoms with van der Waals surface area (Å²) in [6, 6.07) is 150. The average Bonchev–Trinajstić information content (AvgIpc) is 0.698. The summed E-state index contributed by atoms with van der Waals surface area (Å²) in [5, 5.41) is 5.03. The summed E-state index contributed by atoms with van der Waals surface area (Å²) in [6.07, 6.45) is 0. The van der Waals surface area contributed by atoms with Crippen LogP contribution < -0.4 is 62.2 Å². The Morgan fingerprint density at radius 3 is 0.982 bits per heavy atom. The number of thiophene rings is 2. The molecule has 17 aromatic carbocycles. The van der Waals surface area contributed by atoms with Gasteiger partial charge in [-0.1, -0.05) is 273 Å². The average molecular weight is 1460 g/mol. The van der Waals surface area contributed by atoms with E-state index in [2.05, 4.69) is 430 Å². The second kappa shape index (κ2) is 25.9. The van der Waals surface area contributed by atoms with E-state index in [-0.39, 0.29) is 13.4 Å². The molecule has 4 aliphatic heterocycles. The van der Waals surface area contributed by atoms with E-state index in [1.165, 1.54) is 73.1 Å². The van der Waals surface area contributed by atoms with Gasteiger partial charge in [0, 0.05) is 116 Å². The first-order chi connectivity index (χ1) is 55.6. The second-order valence-electron chi connectivity index (χ2n) is 29.4. The first-order valence-electron chi connectivity index (χ1n) is 38.5. The second-order valence-corrected chi connectivity index (χ2v) is 31.5. The molecule has 4 aliphatic rings. The maximum atomic E-state index is 2.72. The zero-order valence-corrected chi connectivity index (χ0v) is 62.4. The number of fused-ring (bicyclic) bond motifs is 14. The number of para-hydroxylation sites is 8. The van der Waals surface area contributed by atoms with Crippen LogP contribution in [0.25, 0.3) is 62.6 Å². The quantitative estimate of drug-likeness (QED) is 0.113. The number of nitrogens with zero attached hydrogens (tertiary/aromatic N) is 6. The Balaban J connectivity index is 0.881. The first-order valence-corrected chi connectivity index (χ1v) is 40.1. The molecular weight excluding hydrogens is 1390 g/mol. The molecule has 6 nitrogen and oxygen atoms in total. The van der Waals surface area contributed by atoms with E-state index >= 15 is 0 Å². The van der Waals surface area contributed by atoms with Crippen LogP contribution in [0.15, 0.2) is 400 Å². The summed E-state index contributed by atoms with van der Waals surface area (Å²) in [4.78, 5) is 15.5. The molecule has 0 unspecified atom stereocenters. The van der Waals surface area contributed by atoms with Crippen molar-refractivity contribution < 1.29 is 0 Å². The fraction of sp³-hybridized carbons (Fsp3) is 0. The van der Waals surface area contributed by atoms with Gasteiger partial charge < -0.3 is 29.4 Å². The highest BCUT2D eigenvalue weighted by atomic mass is 32.1. The summed E-state index contributed by atoms with van der Waals surface area (Å²) >= 11 is 3.77. The molecule has 0 fully saturated rings. The smallest absolute Gasteiger partial charge is 0.252 e. The summed E-state index contributed by atoms with van der Waals surface area (Å²) in [5.41, 5.74) is 31.5. The number of hydrogen-bond acceptors (Lipinski definition) is 8. The summed E-state index contributed by atoms with van der Waals surface area (Å²) < 4.78 is 5.02. The monoisotopic (exact) mass is 1460 g/mol. The van der Waals surface area contributed by atoms with Crippen LogP contribution in [0.2, 0.25) is 0 Å². The topological polar surface area (TPSA) is 19.4 Å². The van der Waals surface area contributed by atoms with Gasteiger partial charge in [0.25, 0.3) is 13.4 Å². The Morgan fingerprint density at radius 2 is 0.545 bits per heavy atom. The van der Waals surface area contributed by atoms with Crippen LogP contribution >= 0.6 is 22.7 Å². The highest BCUT2D eigenvalue weighted by Crippen LogP contribution is 2.57. The van der Waals surface area contributed by atoms with Crippen LogP contribution in [0, 0.1) is 0 Å². The Labute approximate surface area is 658 Å². The van der Waals surface area contributed by atoms with Crippen molar-refractivity contribution in [1.82, 2.24) is 0 Å². The predicted octanol–water partition coefficient (Wildman–Crippen LogP) is 24.9. The normalized spacial score (nSPS) is 12.9. The molecule has 10 heteroatoms. The molecule has 0 atom stereocenters. The fourth-order valence-corrected chi connectivity index (χ4v) is 21.1. The van der Waals surface area contributed by atoms with Gasteiger partial charge in [-0.05, 0) is 171 Å². The number of anilines is 18. The van der Waals surface area contributed by atoms with Crippen molar-refractivity contribution in [2.45, 2.75) is 0 Å². The third-order valence-corrected chi connectivity index (χ3v) is 25.7. The van der Waals surface area contributed by atoms with E-state index in [4.69, 9.17) is 0 Å². The van der Waals surface area contributed by atoms with Crippen molar-refractivity contribution in [3.63, 3.8) is 0 Å².